The minimum Gasteiger partial charge on any atom is -0.465 e. The van der Waals surface area contributed by atoms with Gasteiger partial charge in [-0.1, -0.05) is 6.58 Å². The summed E-state index contributed by atoms with van der Waals surface area (Å²) in [6.45, 7) is 7.72. The monoisotopic (exact) mass is 303 g/mol. The van der Waals surface area contributed by atoms with Gasteiger partial charge in [-0.3, -0.25) is 0 Å². The average Bonchev–Trinajstić information content (AvgIpc) is 2.85. The first-order valence-corrected chi connectivity index (χ1v) is 7.43. The Morgan fingerprint density at radius 2 is 2.05 bits per heavy atom. The van der Waals surface area contributed by atoms with Crippen LogP contribution in [0.4, 0.5) is 0 Å². The van der Waals surface area contributed by atoms with E-state index >= 15 is 0 Å². The Hall–Kier alpha value is -2.01. The van der Waals surface area contributed by atoms with Gasteiger partial charge in [-0.25, -0.2) is 9.78 Å². The Kier molecular flexibility index (Phi) is 4.85. The predicted octanol–water partition coefficient (Wildman–Crippen LogP) is 4.20. The van der Waals surface area contributed by atoms with Crippen LogP contribution in [0.5, 0.6) is 0 Å². The molecular weight excluding hydrogens is 286 g/mol. The SMILES string of the molecule is C=C(C)SCc1nc(-c2ccc(C(=O)OC)cc2)oc1C. The Morgan fingerprint density at radius 1 is 1.38 bits per heavy atom. The van der Waals surface area contributed by atoms with E-state index in [1.165, 1.54) is 7.11 Å². The summed E-state index contributed by atoms with van der Waals surface area (Å²) in [6.07, 6.45) is 0. The molecule has 1 aromatic carbocycles. The highest BCUT2D eigenvalue weighted by molar-refractivity contribution is 8.02. The Labute approximate surface area is 128 Å². The molecule has 5 heteroatoms. The predicted molar refractivity (Wildman–Crippen MR) is 84.1 cm³/mol. The van der Waals surface area contributed by atoms with E-state index in [1.54, 1.807) is 36.0 Å². The number of ether oxygens (including phenoxy) is 1. The maximum Gasteiger partial charge on any atom is 0.337 e. The normalized spacial score (nSPS) is 10.4. The van der Waals surface area contributed by atoms with Crippen molar-refractivity contribution in [3.8, 4) is 11.5 Å². The van der Waals surface area contributed by atoms with E-state index in [1.807, 2.05) is 13.8 Å². The molecule has 0 aliphatic rings. The highest BCUT2D eigenvalue weighted by Crippen LogP contribution is 2.26. The lowest BCUT2D eigenvalue weighted by atomic mass is 10.1. The molecule has 4 nitrogen and oxygen atoms in total. The number of thioether (sulfide) groups is 1. The molecule has 0 aliphatic carbocycles. The molecule has 0 fully saturated rings. The standard InChI is InChI=1S/C16H17NO3S/c1-10(2)21-9-14-11(3)20-15(17-14)12-5-7-13(8-6-12)16(18)19-4/h5-8H,1,9H2,2-4H3. The molecule has 2 rings (SSSR count). The molecule has 0 radical (unpaired) electrons. The van der Waals surface area contributed by atoms with Gasteiger partial charge in [0.15, 0.2) is 0 Å². The zero-order chi connectivity index (χ0) is 15.4. The fraction of sp³-hybridized carbons (Fsp3) is 0.250. The lowest BCUT2D eigenvalue weighted by Crippen LogP contribution is -2.00. The molecule has 0 spiro atoms. The van der Waals surface area contributed by atoms with Gasteiger partial charge in [0.2, 0.25) is 5.89 Å². The number of aromatic nitrogens is 1. The van der Waals surface area contributed by atoms with Crippen molar-refractivity contribution < 1.29 is 13.9 Å². The number of rotatable bonds is 5. The summed E-state index contributed by atoms with van der Waals surface area (Å²) in [4.78, 5) is 16.9. The van der Waals surface area contributed by atoms with Crippen molar-refractivity contribution in [1.82, 2.24) is 4.98 Å². The third-order valence-electron chi connectivity index (χ3n) is 2.90. The number of benzene rings is 1. The molecule has 1 aromatic heterocycles. The fourth-order valence-electron chi connectivity index (χ4n) is 1.74. The van der Waals surface area contributed by atoms with Crippen LogP contribution in [0.1, 0.15) is 28.7 Å². The third kappa shape index (κ3) is 3.76. The summed E-state index contributed by atoms with van der Waals surface area (Å²) in [5.74, 6) is 1.74. The van der Waals surface area contributed by atoms with Crippen molar-refractivity contribution in [2.75, 3.05) is 7.11 Å². The lowest BCUT2D eigenvalue weighted by Gasteiger charge is -1.99. The largest absolute Gasteiger partial charge is 0.465 e. The smallest absolute Gasteiger partial charge is 0.337 e. The van der Waals surface area contributed by atoms with Gasteiger partial charge in [-0.15, -0.1) is 11.8 Å². The minimum atomic E-state index is -0.358. The number of methoxy groups -OCH3 is 1. The van der Waals surface area contributed by atoms with E-state index in [9.17, 15) is 4.79 Å². The summed E-state index contributed by atoms with van der Waals surface area (Å²) in [7, 11) is 1.36. The van der Waals surface area contributed by atoms with Crippen LogP contribution in [0.25, 0.3) is 11.5 Å². The second-order valence-corrected chi connectivity index (χ2v) is 5.86. The summed E-state index contributed by atoms with van der Waals surface area (Å²) in [5.41, 5.74) is 2.25. The quantitative estimate of drug-likeness (QED) is 0.775. The van der Waals surface area contributed by atoms with Crippen LogP contribution in [0.2, 0.25) is 0 Å². The van der Waals surface area contributed by atoms with Crippen LogP contribution in [0.3, 0.4) is 0 Å². The van der Waals surface area contributed by atoms with Gasteiger partial charge in [0, 0.05) is 11.3 Å². The number of hydrogen-bond acceptors (Lipinski definition) is 5. The van der Waals surface area contributed by atoms with Gasteiger partial charge >= 0.3 is 5.97 Å². The van der Waals surface area contributed by atoms with Crippen LogP contribution in [0.15, 0.2) is 40.2 Å². The Morgan fingerprint density at radius 3 is 2.62 bits per heavy atom. The Balaban J connectivity index is 2.20. The first kappa shape index (κ1) is 15.4. The van der Waals surface area contributed by atoms with E-state index in [2.05, 4.69) is 16.3 Å². The van der Waals surface area contributed by atoms with Crippen molar-refractivity contribution in [1.29, 1.82) is 0 Å². The molecule has 21 heavy (non-hydrogen) atoms. The van der Waals surface area contributed by atoms with Gasteiger partial charge in [-0.05, 0) is 43.0 Å². The number of esters is 1. The van der Waals surface area contributed by atoms with Gasteiger partial charge < -0.3 is 9.15 Å². The van der Waals surface area contributed by atoms with Crippen molar-refractivity contribution >= 4 is 17.7 Å². The summed E-state index contributed by atoms with van der Waals surface area (Å²) in [6, 6.07) is 6.99. The van der Waals surface area contributed by atoms with Gasteiger partial charge in [0.25, 0.3) is 0 Å². The molecule has 2 aromatic rings. The topological polar surface area (TPSA) is 52.3 Å². The number of nitrogens with zero attached hydrogens (tertiary/aromatic N) is 1. The Bertz CT molecular complexity index is 659. The highest BCUT2D eigenvalue weighted by atomic mass is 32.2. The van der Waals surface area contributed by atoms with Crippen LogP contribution < -0.4 is 0 Å². The number of allylic oxidation sites excluding steroid dienone is 1. The zero-order valence-corrected chi connectivity index (χ0v) is 13.1. The summed E-state index contributed by atoms with van der Waals surface area (Å²) >= 11 is 1.64. The van der Waals surface area contributed by atoms with E-state index in [-0.39, 0.29) is 5.97 Å². The highest BCUT2D eigenvalue weighted by Gasteiger charge is 2.12. The number of aryl methyl sites for hydroxylation is 1. The molecule has 0 N–H and O–H groups in total. The number of carbonyl (C=O) groups is 1. The molecule has 0 bridgehead atoms. The molecule has 0 aliphatic heterocycles. The maximum atomic E-state index is 11.4. The lowest BCUT2D eigenvalue weighted by molar-refractivity contribution is 0.0600. The number of oxazole rings is 1. The van der Waals surface area contributed by atoms with E-state index in [4.69, 9.17) is 4.42 Å². The minimum absolute atomic E-state index is 0.358. The first-order chi connectivity index (χ1) is 10.0. The second kappa shape index (κ2) is 6.63. The summed E-state index contributed by atoms with van der Waals surface area (Å²) in [5, 5.41) is 0. The maximum absolute atomic E-state index is 11.4. The number of carbonyl (C=O) groups excluding carboxylic acids is 1. The van der Waals surface area contributed by atoms with Crippen LogP contribution >= 0.6 is 11.8 Å². The number of hydrogen-bond donors (Lipinski definition) is 0. The van der Waals surface area contributed by atoms with E-state index in [0.29, 0.717) is 11.5 Å². The van der Waals surface area contributed by atoms with Crippen LogP contribution in [0, 0.1) is 6.92 Å². The van der Waals surface area contributed by atoms with E-state index in [0.717, 1.165) is 27.7 Å². The molecule has 0 saturated heterocycles. The van der Waals surface area contributed by atoms with Crippen molar-refractivity contribution in [2.24, 2.45) is 0 Å². The fourth-order valence-corrected chi connectivity index (χ4v) is 2.39. The molecule has 0 amide bonds. The van der Waals surface area contributed by atoms with Gasteiger partial charge in [0.1, 0.15) is 5.76 Å². The van der Waals surface area contributed by atoms with Crippen molar-refractivity contribution in [3.63, 3.8) is 0 Å². The molecule has 0 saturated carbocycles. The molecule has 1 heterocycles. The van der Waals surface area contributed by atoms with Crippen molar-refractivity contribution in [3.05, 3.63) is 52.8 Å². The van der Waals surface area contributed by atoms with Crippen molar-refractivity contribution in [2.45, 2.75) is 19.6 Å². The first-order valence-electron chi connectivity index (χ1n) is 6.44. The second-order valence-electron chi connectivity index (χ2n) is 4.58. The van der Waals surface area contributed by atoms with Gasteiger partial charge in [-0.2, -0.15) is 0 Å². The van der Waals surface area contributed by atoms with Gasteiger partial charge in [0.05, 0.1) is 18.4 Å². The zero-order valence-electron chi connectivity index (χ0n) is 12.3. The van der Waals surface area contributed by atoms with Crippen LogP contribution in [-0.4, -0.2) is 18.1 Å². The summed E-state index contributed by atoms with van der Waals surface area (Å²) < 4.78 is 10.4. The van der Waals surface area contributed by atoms with E-state index < -0.39 is 0 Å². The third-order valence-corrected chi connectivity index (χ3v) is 3.81. The molecule has 110 valence electrons. The molecular formula is C16H17NO3S. The average molecular weight is 303 g/mol. The van der Waals surface area contributed by atoms with Crippen LogP contribution in [-0.2, 0) is 10.5 Å². The molecule has 0 atom stereocenters. The molecule has 0 unspecified atom stereocenters.